The van der Waals surface area contributed by atoms with Crippen LogP contribution in [0.3, 0.4) is 0 Å². The van der Waals surface area contributed by atoms with Gasteiger partial charge in [0.1, 0.15) is 0 Å². The quantitative estimate of drug-likeness (QED) is 0.845. The largest absolute Gasteiger partial charge is 0.481 e. The van der Waals surface area contributed by atoms with Crippen LogP contribution in [-0.2, 0) is 17.6 Å². The van der Waals surface area contributed by atoms with E-state index in [9.17, 15) is 9.90 Å². The van der Waals surface area contributed by atoms with E-state index >= 15 is 0 Å². The molecule has 6 heteroatoms. The summed E-state index contributed by atoms with van der Waals surface area (Å²) in [6.07, 6.45) is 2.79. The number of carboxylic acid groups (broad SMARTS) is 1. The monoisotopic (exact) mass is 367 g/mol. The zero-order valence-corrected chi connectivity index (χ0v) is 15.7. The lowest BCUT2D eigenvalue weighted by molar-refractivity contribution is -0.137. The highest BCUT2D eigenvalue weighted by atomic mass is 16.4. The van der Waals surface area contributed by atoms with Crippen LogP contribution in [0.1, 0.15) is 49.4 Å². The number of aromatic nitrogens is 2. The minimum absolute atomic E-state index is 0.0271. The van der Waals surface area contributed by atoms with E-state index in [0.717, 1.165) is 41.8 Å². The van der Waals surface area contributed by atoms with E-state index in [4.69, 9.17) is 15.1 Å². The van der Waals surface area contributed by atoms with Crippen LogP contribution in [0.2, 0.25) is 0 Å². The van der Waals surface area contributed by atoms with Gasteiger partial charge in [0, 0.05) is 23.4 Å². The number of carbonyl (C=O) groups is 1. The maximum absolute atomic E-state index is 11.1. The number of nitrogens with zero attached hydrogens (tertiary/aromatic N) is 3. The van der Waals surface area contributed by atoms with E-state index in [1.165, 1.54) is 5.56 Å². The first-order valence-electron chi connectivity index (χ1n) is 9.60. The summed E-state index contributed by atoms with van der Waals surface area (Å²) in [6, 6.07) is 8.08. The lowest BCUT2D eigenvalue weighted by Gasteiger charge is -2.43. The van der Waals surface area contributed by atoms with Crippen molar-refractivity contribution in [2.75, 3.05) is 11.4 Å². The average Bonchev–Trinajstić information content (AvgIpc) is 3.13. The number of hydrogen-bond acceptors (Lipinski definition) is 5. The van der Waals surface area contributed by atoms with Crippen molar-refractivity contribution in [2.24, 2.45) is 0 Å². The number of aliphatic carboxylic acids is 1. The third kappa shape index (κ3) is 3.30. The number of aliphatic hydroxyl groups is 1. The Bertz CT molecular complexity index is 883. The standard InChI is InChI=1S/C21H25N3O3/c1-12(9-19(26)27)14-5-3-6-15(10-14)20-16-7-4-8-17(16)22-21(23-20)24-11-18(25)13(24)2/h3,5-6,10,12-13,18,25H,4,7-9,11H2,1-2H3,(H,26,27)/t12?,13-,18?/m0/s1. The molecule has 0 saturated carbocycles. The zero-order valence-electron chi connectivity index (χ0n) is 15.7. The number of hydrogen-bond donors (Lipinski definition) is 2. The van der Waals surface area contributed by atoms with Gasteiger partial charge in [0.25, 0.3) is 0 Å². The molecule has 1 aliphatic carbocycles. The van der Waals surface area contributed by atoms with Crippen molar-refractivity contribution in [1.82, 2.24) is 9.97 Å². The fraction of sp³-hybridized carbons (Fsp3) is 0.476. The predicted molar refractivity (Wildman–Crippen MR) is 103 cm³/mol. The number of anilines is 1. The van der Waals surface area contributed by atoms with E-state index in [0.29, 0.717) is 12.5 Å². The van der Waals surface area contributed by atoms with Crippen LogP contribution >= 0.6 is 0 Å². The lowest BCUT2D eigenvalue weighted by Crippen LogP contribution is -2.59. The van der Waals surface area contributed by atoms with Gasteiger partial charge in [-0.3, -0.25) is 4.79 Å². The summed E-state index contributed by atoms with van der Waals surface area (Å²) < 4.78 is 0. The van der Waals surface area contributed by atoms with Gasteiger partial charge in [0.15, 0.2) is 0 Å². The number of β-amino-alcohol motifs (C(OH)–C–C–N with tert-alkyl or cyclic N) is 1. The number of fused-ring (bicyclic) bond motifs is 1. The van der Waals surface area contributed by atoms with E-state index in [1.54, 1.807) is 0 Å². The van der Waals surface area contributed by atoms with E-state index in [1.807, 2.05) is 36.9 Å². The minimum atomic E-state index is -0.788. The second-order valence-electron chi connectivity index (χ2n) is 7.74. The summed E-state index contributed by atoms with van der Waals surface area (Å²) in [5.41, 5.74) is 5.28. The molecule has 6 nitrogen and oxygen atoms in total. The maximum Gasteiger partial charge on any atom is 0.303 e. The lowest BCUT2D eigenvalue weighted by atomic mass is 9.94. The topological polar surface area (TPSA) is 86.5 Å². The molecule has 1 fully saturated rings. The molecule has 2 heterocycles. The van der Waals surface area contributed by atoms with E-state index in [-0.39, 0.29) is 24.5 Å². The number of carboxylic acids is 1. The smallest absolute Gasteiger partial charge is 0.303 e. The molecule has 3 atom stereocenters. The van der Waals surface area contributed by atoms with Crippen molar-refractivity contribution in [2.45, 2.75) is 57.6 Å². The first kappa shape index (κ1) is 17.9. The van der Waals surface area contributed by atoms with Crippen LogP contribution in [0, 0.1) is 0 Å². The van der Waals surface area contributed by atoms with Gasteiger partial charge in [0.2, 0.25) is 5.95 Å². The molecule has 1 aliphatic heterocycles. The predicted octanol–water partition coefficient (Wildman–Crippen LogP) is 2.78. The van der Waals surface area contributed by atoms with Gasteiger partial charge >= 0.3 is 5.97 Å². The summed E-state index contributed by atoms with van der Waals surface area (Å²) in [6.45, 7) is 4.49. The Labute approximate surface area is 158 Å². The molecule has 1 aromatic carbocycles. The SMILES string of the molecule is CC(CC(=O)O)c1cccc(-c2nc(N3CC(O)[C@@H]3C)nc3c2CCC3)c1. The van der Waals surface area contributed by atoms with Crippen molar-refractivity contribution in [3.05, 3.63) is 41.1 Å². The molecule has 0 bridgehead atoms. The molecule has 0 amide bonds. The molecule has 142 valence electrons. The van der Waals surface area contributed by atoms with E-state index < -0.39 is 5.97 Å². The molecular formula is C21H25N3O3. The number of benzene rings is 1. The van der Waals surface area contributed by atoms with Crippen molar-refractivity contribution in [1.29, 1.82) is 0 Å². The highest BCUT2D eigenvalue weighted by Gasteiger charge is 2.36. The van der Waals surface area contributed by atoms with Crippen molar-refractivity contribution in [3.63, 3.8) is 0 Å². The fourth-order valence-electron chi connectivity index (χ4n) is 4.01. The van der Waals surface area contributed by atoms with E-state index in [2.05, 4.69) is 6.07 Å². The van der Waals surface area contributed by atoms with Gasteiger partial charge in [-0.25, -0.2) is 9.97 Å². The number of aryl methyl sites for hydroxylation is 1. The van der Waals surface area contributed by atoms with Gasteiger partial charge < -0.3 is 15.1 Å². The maximum atomic E-state index is 11.1. The van der Waals surface area contributed by atoms with Crippen LogP contribution < -0.4 is 4.90 Å². The molecule has 0 spiro atoms. The molecular weight excluding hydrogens is 342 g/mol. The molecule has 1 saturated heterocycles. The van der Waals surface area contributed by atoms with Gasteiger partial charge in [-0.1, -0.05) is 25.1 Å². The third-order valence-electron chi connectivity index (χ3n) is 5.82. The fourth-order valence-corrected chi connectivity index (χ4v) is 4.01. The molecule has 2 unspecified atom stereocenters. The van der Waals surface area contributed by atoms with Gasteiger partial charge in [-0.2, -0.15) is 0 Å². The molecule has 1 aromatic heterocycles. The summed E-state index contributed by atoms with van der Waals surface area (Å²) in [5, 5.41) is 18.9. The normalized spacial score (nSPS) is 22.3. The molecule has 2 N–H and O–H groups in total. The van der Waals surface area contributed by atoms with Crippen LogP contribution in [0.5, 0.6) is 0 Å². The summed E-state index contributed by atoms with van der Waals surface area (Å²) in [4.78, 5) is 22.7. The van der Waals surface area contributed by atoms with Gasteiger partial charge in [0.05, 0.1) is 24.3 Å². The van der Waals surface area contributed by atoms with Crippen LogP contribution in [0.4, 0.5) is 5.95 Å². The average molecular weight is 367 g/mol. The Morgan fingerprint density at radius 1 is 1.33 bits per heavy atom. The summed E-state index contributed by atoms with van der Waals surface area (Å²) in [7, 11) is 0. The molecule has 0 radical (unpaired) electrons. The first-order chi connectivity index (χ1) is 12.9. The Kier molecular flexibility index (Phi) is 4.60. The highest BCUT2D eigenvalue weighted by molar-refractivity contribution is 5.70. The Morgan fingerprint density at radius 2 is 2.15 bits per heavy atom. The minimum Gasteiger partial charge on any atom is -0.481 e. The van der Waals surface area contributed by atoms with Gasteiger partial charge in [-0.05, 0) is 43.7 Å². The Morgan fingerprint density at radius 3 is 2.85 bits per heavy atom. The van der Waals surface area contributed by atoms with Crippen molar-refractivity contribution >= 4 is 11.9 Å². The second-order valence-corrected chi connectivity index (χ2v) is 7.74. The highest BCUT2D eigenvalue weighted by Crippen LogP contribution is 2.35. The zero-order chi connectivity index (χ0) is 19.1. The van der Waals surface area contributed by atoms with Crippen molar-refractivity contribution < 1.29 is 15.0 Å². The van der Waals surface area contributed by atoms with Crippen molar-refractivity contribution in [3.8, 4) is 11.3 Å². The Balaban J connectivity index is 1.73. The molecule has 2 aromatic rings. The molecule has 27 heavy (non-hydrogen) atoms. The van der Waals surface area contributed by atoms with Crippen LogP contribution in [0.15, 0.2) is 24.3 Å². The van der Waals surface area contributed by atoms with Crippen LogP contribution in [-0.4, -0.2) is 44.8 Å². The molecule has 2 aliphatic rings. The van der Waals surface area contributed by atoms with Crippen LogP contribution in [0.25, 0.3) is 11.3 Å². The summed E-state index contributed by atoms with van der Waals surface area (Å²) >= 11 is 0. The third-order valence-corrected chi connectivity index (χ3v) is 5.82. The molecule has 4 rings (SSSR count). The summed E-state index contributed by atoms with van der Waals surface area (Å²) in [5.74, 6) is -0.154. The van der Waals surface area contributed by atoms with Gasteiger partial charge in [-0.15, -0.1) is 0 Å². The Hall–Kier alpha value is -2.47. The number of rotatable bonds is 5. The first-order valence-corrected chi connectivity index (χ1v) is 9.60. The number of aliphatic hydroxyl groups excluding tert-OH is 1. The second kappa shape index (κ2) is 6.93.